The largest absolute Gasteiger partial charge is 0.493 e. The zero-order valence-electron chi connectivity index (χ0n) is 14.4. The van der Waals surface area contributed by atoms with Crippen LogP contribution in [-0.4, -0.2) is 33.2 Å². The summed E-state index contributed by atoms with van der Waals surface area (Å²) in [6, 6.07) is 13.8. The van der Waals surface area contributed by atoms with Crippen LogP contribution in [-0.2, 0) is 9.53 Å². The van der Waals surface area contributed by atoms with Crippen LogP contribution in [0.3, 0.4) is 0 Å². The molecule has 1 amide bonds. The molecular weight excluding hydrogens is 322 g/mol. The SMILES string of the molecule is COC(=O)CC(NC(=O)c1cccc(OC)c1OC)c1ccccc1. The predicted octanol–water partition coefficient (Wildman–Crippen LogP) is 2.74. The summed E-state index contributed by atoms with van der Waals surface area (Å²) < 4.78 is 15.3. The normalized spacial score (nSPS) is 11.3. The second-order valence-corrected chi connectivity index (χ2v) is 5.26. The van der Waals surface area contributed by atoms with E-state index in [1.54, 1.807) is 18.2 Å². The molecule has 2 aromatic carbocycles. The van der Waals surface area contributed by atoms with Crippen molar-refractivity contribution in [3.63, 3.8) is 0 Å². The lowest BCUT2D eigenvalue weighted by molar-refractivity contribution is -0.141. The summed E-state index contributed by atoms with van der Waals surface area (Å²) in [7, 11) is 4.29. The summed E-state index contributed by atoms with van der Waals surface area (Å²) in [4.78, 5) is 24.5. The number of hydrogen-bond donors (Lipinski definition) is 1. The predicted molar refractivity (Wildman–Crippen MR) is 92.8 cm³/mol. The molecule has 0 saturated carbocycles. The van der Waals surface area contributed by atoms with Crippen molar-refractivity contribution in [2.75, 3.05) is 21.3 Å². The molecular formula is C19H21NO5. The molecule has 2 rings (SSSR count). The van der Waals surface area contributed by atoms with Gasteiger partial charge in [0.15, 0.2) is 11.5 Å². The number of carbonyl (C=O) groups excluding carboxylic acids is 2. The fourth-order valence-corrected chi connectivity index (χ4v) is 2.49. The molecule has 6 nitrogen and oxygen atoms in total. The minimum atomic E-state index is -0.517. The van der Waals surface area contributed by atoms with Crippen molar-refractivity contribution in [2.45, 2.75) is 12.5 Å². The number of amides is 1. The van der Waals surface area contributed by atoms with Crippen molar-refractivity contribution in [3.8, 4) is 11.5 Å². The van der Waals surface area contributed by atoms with Crippen molar-refractivity contribution in [1.82, 2.24) is 5.32 Å². The lowest BCUT2D eigenvalue weighted by Gasteiger charge is -2.19. The third-order valence-electron chi connectivity index (χ3n) is 3.75. The number of benzene rings is 2. The van der Waals surface area contributed by atoms with Gasteiger partial charge in [-0.05, 0) is 17.7 Å². The van der Waals surface area contributed by atoms with Gasteiger partial charge >= 0.3 is 5.97 Å². The number of esters is 1. The van der Waals surface area contributed by atoms with E-state index in [-0.39, 0.29) is 12.3 Å². The molecule has 6 heteroatoms. The molecule has 0 bridgehead atoms. The molecule has 1 unspecified atom stereocenters. The van der Waals surface area contributed by atoms with Crippen molar-refractivity contribution in [2.24, 2.45) is 0 Å². The first-order valence-corrected chi connectivity index (χ1v) is 7.74. The van der Waals surface area contributed by atoms with Gasteiger partial charge in [-0.3, -0.25) is 9.59 Å². The van der Waals surface area contributed by atoms with Crippen LogP contribution in [0.1, 0.15) is 28.4 Å². The van der Waals surface area contributed by atoms with Gasteiger partial charge in [0.1, 0.15) is 0 Å². The van der Waals surface area contributed by atoms with Gasteiger partial charge in [0.05, 0.1) is 39.4 Å². The van der Waals surface area contributed by atoms with Crippen molar-refractivity contribution in [1.29, 1.82) is 0 Å². The topological polar surface area (TPSA) is 73.9 Å². The number of hydrogen-bond acceptors (Lipinski definition) is 5. The van der Waals surface area contributed by atoms with Crippen LogP contribution in [0.5, 0.6) is 11.5 Å². The van der Waals surface area contributed by atoms with E-state index in [2.05, 4.69) is 5.32 Å². The van der Waals surface area contributed by atoms with Crippen LogP contribution in [0, 0.1) is 0 Å². The maximum Gasteiger partial charge on any atom is 0.307 e. The van der Waals surface area contributed by atoms with E-state index in [0.717, 1.165) is 5.56 Å². The van der Waals surface area contributed by atoms with E-state index in [0.29, 0.717) is 17.1 Å². The highest BCUT2D eigenvalue weighted by Crippen LogP contribution is 2.31. The number of carbonyl (C=O) groups is 2. The third kappa shape index (κ3) is 4.50. The van der Waals surface area contributed by atoms with Crippen LogP contribution in [0.25, 0.3) is 0 Å². The highest BCUT2D eigenvalue weighted by molar-refractivity contribution is 5.98. The summed E-state index contributed by atoms with van der Waals surface area (Å²) in [5, 5.41) is 2.87. The second kappa shape index (κ2) is 8.73. The Morgan fingerprint density at radius 3 is 2.28 bits per heavy atom. The van der Waals surface area contributed by atoms with E-state index < -0.39 is 12.0 Å². The Labute approximate surface area is 146 Å². The Hall–Kier alpha value is -3.02. The first-order chi connectivity index (χ1) is 12.1. The van der Waals surface area contributed by atoms with E-state index >= 15 is 0 Å². The zero-order chi connectivity index (χ0) is 18.2. The fourth-order valence-electron chi connectivity index (χ4n) is 2.49. The molecule has 0 aliphatic carbocycles. The number of rotatable bonds is 7. The molecule has 0 saturated heterocycles. The molecule has 132 valence electrons. The molecule has 0 aliphatic rings. The molecule has 0 aliphatic heterocycles. The molecule has 1 N–H and O–H groups in total. The van der Waals surface area contributed by atoms with Crippen LogP contribution in [0.2, 0.25) is 0 Å². The van der Waals surface area contributed by atoms with E-state index in [4.69, 9.17) is 14.2 Å². The highest BCUT2D eigenvalue weighted by atomic mass is 16.5. The van der Waals surface area contributed by atoms with Crippen LogP contribution < -0.4 is 14.8 Å². The highest BCUT2D eigenvalue weighted by Gasteiger charge is 2.22. The molecule has 2 aromatic rings. The van der Waals surface area contributed by atoms with Gasteiger partial charge in [0.2, 0.25) is 0 Å². The van der Waals surface area contributed by atoms with Gasteiger partial charge in [-0.1, -0.05) is 36.4 Å². The van der Waals surface area contributed by atoms with E-state index in [1.165, 1.54) is 21.3 Å². The molecule has 0 aromatic heterocycles. The van der Waals surface area contributed by atoms with E-state index in [1.807, 2.05) is 30.3 Å². The maximum absolute atomic E-state index is 12.7. The van der Waals surface area contributed by atoms with Crippen molar-refractivity contribution < 1.29 is 23.8 Å². The van der Waals surface area contributed by atoms with E-state index in [9.17, 15) is 9.59 Å². The first-order valence-electron chi connectivity index (χ1n) is 7.74. The molecule has 0 spiro atoms. The molecule has 0 heterocycles. The minimum absolute atomic E-state index is 0.0263. The minimum Gasteiger partial charge on any atom is -0.493 e. The summed E-state index contributed by atoms with van der Waals surface area (Å²) in [5.74, 6) is 0.0204. The molecule has 0 radical (unpaired) electrons. The lowest BCUT2D eigenvalue weighted by Crippen LogP contribution is -2.30. The Morgan fingerprint density at radius 1 is 0.960 bits per heavy atom. The monoisotopic (exact) mass is 343 g/mol. The van der Waals surface area contributed by atoms with Gasteiger partial charge in [0.25, 0.3) is 5.91 Å². The van der Waals surface area contributed by atoms with Crippen LogP contribution in [0.15, 0.2) is 48.5 Å². The van der Waals surface area contributed by atoms with Gasteiger partial charge in [-0.15, -0.1) is 0 Å². The molecule has 0 fully saturated rings. The Kier molecular flexibility index (Phi) is 6.39. The zero-order valence-corrected chi connectivity index (χ0v) is 14.4. The maximum atomic E-state index is 12.7. The average Bonchev–Trinajstić information content (AvgIpc) is 2.67. The van der Waals surface area contributed by atoms with Crippen LogP contribution >= 0.6 is 0 Å². The fraction of sp³-hybridized carbons (Fsp3) is 0.263. The summed E-state index contributed by atoms with van der Waals surface area (Å²) in [6.45, 7) is 0. The third-order valence-corrected chi connectivity index (χ3v) is 3.75. The van der Waals surface area contributed by atoms with Gasteiger partial charge in [-0.25, -0.2) is 0 Å². The average molecular weight is 343 g/mol. The summed E-state index contributed by atoms with van der Waals surface area (Å²) in [6.07, 6.45) is 0.0263. The summed E-state index contributed by atoms with van der Waals surface area (Å²) >= 11 is 0. The van der Waals surface area contributed by atoms with Gasteiger partial charge in [0, 0.05) is 0 Å². The Bertz CT molecular complexity index is 730. The number of ether oxygens (including phenoxy) is 3. The van der Waals surface area contributed by atoms with Gasteiger partial charge < -0.3 is 19.5 Å². The van der Waals surface area contributed by atoms with Crippen molar-refractivity contribution in [3.05, 3.63) is 59.7 Å². The van der Waals surface area contributed by atoms with Gasteiger partial charge in [-0.2, -0.15) is 0 Å². The quantitative estimate of drug-likeness (QED) is 0.783. The van der Waals surface area contributed by atoms with Crippen LogP contribution in [0.4, 0.5) is 0 Å². The Balaban J connectivity index is 2.30. The van der Waals surface area contributed by atoms with Crippen molar-refractivity contribution >= 4 is 11.9 Å². The first kappa shape index (κ1) is 18.3. The molecule has 1 atom stereocenters. The number of para-hydroxylation sites is 1. The smallest absolute Gasteiger partial charge is 0.307 e. The number of methoxy groups -OCH3 is 3. The molecule has 25 heavy (non-hydrogen) atoms. The summed E-state index contributed by atoms with van der Waals surface area (Å²) in [5.41, 5.74) is 1.13. The number of nitrogens with one attached hydrogen (secondary N) is 1. The lowest BCUT2D eigenvalue weighted by atomic mass is 10.0. The standard InChI is InChI=1S/C19H21NO5/c1-23-16-11-7-10-14(18(16)25-3)19(22)20-15(12-17(21)24-2)13-8-5-4-6-9-13/h4-11,15H,12H2,1-3H3,(H,20,22). The Morgan fingerprint density at radius 2 is 1.68 bits per heavy atom. The second-order valence-electron chi connectivity index (χ2n) is 5.26.